The van der Waals surface area contributed by atoms with Gasteiger partial charge in [-0.1, -0.05) is 6.92 Å². The molecule has 2 heterocycles. The van der Waals surface area contributed by atoms with Crippen LogP contribution in [0.2, 0.25) is 0 Å². The molecule has 0 aromatic carbocycles. The summed E-state index contributed by atoms with van der Waals surface area (Å²) in [6.07, 6.45) is 6.09. The van der Waals surface area contributed by atoms with Gasteiger partial charge >= 0.3 is 0 Å². The first-order chi connectivity index (χ1) is 9.17. The maximum atomic E-state index is 5.99. The predicted molar refractivity (Wildman–Crippen MR) is 75.8 cm³/mol. The maximum absolute atomic E-state index is 5.99. The van der Waals surface area contributed by atoms with Gasteiger partial charge in [-0.05, 0) is 37.1 Å². The van der Waals surface area contributed by atoms with Crippen LogP contribution in [0.15, 0.2) is 30.6 Å². The molecule has 0 amide bonds. The summed E-state index contributed by atoms with van der Waals surface area (Å²) < 4.78 is 0. The standard InChI is InChI=1S/C15H20N4/c1-3-13(16)10-14-8-11(2)18-15(19-14)9-12-4-6-17-7-5-12/h4-8,13H,3,9-10,16H2,1-2H3. The molecule has 0 aliphatic rings. The minimum Gasteiger partial charge on any atom is -0.327 e. The van der Waals surface area contributed by atoms with E-state index >= 15 is 0 Å². The summed E-state index contributed by atoms with van der Waals surface area (Å²) in [5, 5.41) is 0. The van der Waals surface area contributed by atoms with Crippen LogP contribution in [0, 0.1) is 6.92 Å². The third-order valence-electron chi connectivity index (χ3n) is 3.06. The Balaban J connectivity index is 2.17. The lowest BCUT2D eigenvalue weighted by atomic mass is 10.1. The van der Waals surface area contributed by atoms with E-state index in [1.165, 1.54) is 5.56 Å². The minimum atomic E-state index is 0.170. The second-order valence-corrected chi connectivity index (χ2v) is 4.82. The monoisotopic (exact) mass is 256 g/mol. The lowest BCUT2D eigenvalue weighted by molar-refractivity contribution is 0.632. The summed E-state index contributed by atoms with van der Waals surface area (Å²) >= 11 is 0. The molecule has 0 radical (unpaired) electrons. The van der Waals surface area contributed by atoms with Crippen molar-refractivity contribution in [2.45, 2.75) is 39.2 Å². The highest BCUT2D eigenvalue weighted by molar-refractivity contribution is 5.18. The molecule has 2 aromatic heterocycles. The van der Waals surface area contributed by atoms with Crippen molar-refractivity contribution in [1.82, 2.24) is 15.0 Å². The molecule has 100 valence electrons. The van der Waals surface area contributed by atoms with Crippen LogP contribution >= 0.6 is 0 Å². The fourth-order valence-electron chi connectivity index (χ4n) is 1.98. The Bertz CT molecular complexity index is 525. The van der Waals surface area contributed by atoms with E-state index in [2.05, 4.69) is 21.9 Å². The molecule has 0 fully saturated rings. The fourth-order valence-corrected chi connectivity index (χ4v) is 1.98. The molecule has 0 aliphatic carbocycles. The second-order valence-electron chi connectivity index (χ2n) is 4.82. The molecule has 2 N–H and O–H groups in total. The van der Waals surface area contributed by atoms with Gasteiger partial charge < -0.3 is 5.73 Å². The Labute approximate surface area is 114 Å². The molecular formula is C15H20N4. The van der Waals surface area contributed by atoms with Crippen LogP contribution in [0.1, 0.15) is 36.1 Å². The molecule has 2 rings (SSSR count). The van der Waals surface area contributed by atoms with Crippen molar-refractivity contribution in [3.63, 3.8) is 0 Å². The highest BCUT2D eigenvalue weighted by Gasteiger charge is 2.07. The van der Waals surface area contributed by atoms with Crippen LogP contribution < -0.4 is 5.73 Å². The van der Waals surface area contributed by atoms with Gasteiger partial charge in [-0.2, -0.15) is 0 Å². The Hall–Kier alpha value is -1.81. The van der Waals surface area contributed by atoms with Crippen molar-refractivity contribution in [3.8, 4) is 0 Å². The summed E-state index contributed by atoms with van der Waals surface area (Å²) in [6.45, 7) is 4.09. The maximum Gasteiger partial charge on any atom is 0.133 e. The quantitative estimate of drug-likeness (QED) is 0.889. The van der Waals surface area contributed by atoms with Gasteiger partial charge in [0.1, 0.15) is 5.82 Å². The van der Waals surface area contributed by atoms with Gasteiger partial charge in [-0.15, -0.1) is 0 Å². The number of nitrogens with zero attached hydrogens (tertiary/aromatic N) is 3. The third kappa shape index (κ3) is 4.10. The van der Waals surface area contributed by atoms with Crippen LogP contribution in [0.25, 0.3) is 0 Å². The van der Waals surface area contributed by atoms with E-state index in [4.69, 9.17) is 5.73 Å². The zero-order valence-corrected chi connectivity index (χ0v) is 11.5. The Morgan fingerprint density at radius 2 is 1.95 bits per heavy atom. The predicted octanol–water partition coefficient (Wildman–Crippen LogP) is 2.05. The smallest absolute Gasteiger partial charge is 0.133 e. The molecule has 0 saturated heterocycles. The topological polar surface area (TPSA) is 64.7 Å². The van der Waals surface area contributed by atoms with Gasteiger partial charge in [-0.3, -0.25) is 4.98 Å². The molecule has 1 atom stereocenters. The highest BCUT2D eigenvalue weighted by Crippen LogP contribution is 2.09. The molecule has 0 aliphatic heterocycles. The van der Waals surface area contributed by atoms with E-state index in [1.807, 2.05) is 25.1 Å². The SMILES string of the molecule is CCC(N)Cc1cc(C)nc(Cc2ccncc2)n1. The highest BCUT2D eigenvalue weighted by atomic mass is 14.9. The number of nitrogens with two attached hydrogens (primary N) is 1. The largest absolute Gasteiger partial charge is 0.327 e. The first-order valence-corrected chi connectivity index (χ1v) is 6.65. The van der Waals surface area contributed by atoms with Crippen LogP contribution in [0.5, 0.6) is 0 Å². The summed E-state index contributed by atoms with van der Waals surface area (Å²) in [5.74, 6) is 0.851. The van der Waals surface area contributed by atoms with Crippen molar-refractivity contribution >= 4 is 0 Å². The van der Waals surface area contributed by atoms with Crippen LogP contribution in [-0.4, -0.2) is 21.0 Å². The Kier molecular flexibility index (Phi) is 4.58. The Morgan fingerprint density at radius 1 is 1.21 bits per heavy atom. The molecule has 0 saturated carbocycles. The molecule has 4 nitrogen and oxygen atoms in total. The summed E-state index contributed by atoms with van der Waals surface area (Å²) in [4.78, 5) is 13.1. The van der Waals surface area contributed by atoms with Gasteiger partial charge in [0.2, 0.25) is 0 Å². The minimum absolute atomic E-state index is 0.170. The number of pyridine rings is 1. The van der Waals surface area contributed by atoms with E-state index in [0.717, 1.165) is 36.5 Å². The molecule has 0 spiro atoms. The lowest BCUT2D eigenvalue weighted by Crippen LogP contribution is -2.22. The average molecular weight is 256 g/mol. The molecule has 0 bridgehead atoms. The Morgan fingerprint density at radius 3 is 2.63 bits per heavy atom. The van der Waals surface area contributed by atoms with Crippen molar-refractivity contribution < 1.29 is 0 Å². The van der Waals surface area contributed by atoms with Crippen LogP contribution in [0.4, 0.5) is 0 Å². The van der Waals surface area contributed by atoms with Crippen LogP contribution in [0.3, 0.4) is 0 Å². The number of hydrogen-bond donors (Lipinski definition) is 1. The number of rotatable bonds is 5. The fraction of sp³-hybridized carbons (Fsp3) is 0.400. The van der Waals surface area contributed by atoms with E-state index < -0.39 is 0 Å². The zero-order chi connectivity index (χ0) is 13.7. The van der Waals surface area contributed by atoms with Crippen molar-refractivity contribution in [1.29, 1.82) is 0 Å². The summed E-state index contributed by atoms with van der Waals surface area (Å²) in [5.41, 5.74) is 9.19. The van der Waals surface area contributed by atoms with E-state index in [0.29, 0.717) is 0 Å². The first kappa shape index (κ1) is 13.6. The van der Waals surface area contributed by atoms with Gasteiger partial charge in [0.05, 0.1) is 0 Å². The number of hydrogen-bond acceptors (Lipinski definition) is 4. The summed E-state index contributed by atoms with van der Waals surface area (Å²) in [7, 11) is 0. The zero-order valence-electron chi connectivity index (χ0n) is 11.5. The third-order valence-corrected chi connectivity index (χ3v) is 3.06. The average Bonchev–Trinajstić information content (AvgIpc) is 2.39. The molecule has 19 heavy (non-hydrogen) atoms. The van der Waals surface area contributed by atoms with Crippen molar-refractivity contribution in [2.24, 2.45) is 5.73 Å². The molecular weight excluding hydrogens is 236 g/mol. The van der Waals surface area contributed by atoms with E-state index in [9.17, 15) is 0 Å². The molecule has 1 unspecified atom stereocenters. The van der Waals surface area contributed by atoms with Gasteiger partial charge in [0, 0.05) is 42.7 Å². The summed E-state index contributed by atoms with van der Waals surface area (Å²) in [6, 6.07) is 6.17. The van der Waals surface area contributed by atoms with E-state index in [1.54, 1.807) is 12.4 Å². The number of aromatic nitrogens is 3. The number of aryl methyl sites for hydroxylation is 1. The molecule has 2 aromatic rings. The van der Waals surface area contributed by atoms with Gasteiger partial charge in [-0.25, -0.2) is 9.97 Å². The van der Waals surface area contributed by atoms with Crippen molar-refractivity contribution in [3.05, 3.63) is 53.4 Å². The van der Waals surface area contributed by atoms with Gasteiger partial charge in [0.25, 0.3) is 0 Å². The normalized spacial score (nSPS) is 12.4. The lowest BCUT2D eigenvalue weighted by Gasteiger charge is -2.10. The first-order valence-electron chi connectivity index (χ1n) is 6.65. The second kappa shape index (κ2) is 6.38. The van der Waals surface area contributed by atoms with Crippen molar-refractivity contribution in [2.75, 3.05) is 0 Å². The van der Waals surface area contributed by atoms with Gasteiger partial charge in [0.15, 0.2) is 0 Å². The van der Waals surface area contributed by atoms with E-state index in [-0.39, 0.29) is 6.04 Å². The molecule has 4 heteroatoms. The van der Waals surface area contributed by atoms with Crippen LogP contribution in [-0.2, 0) is 12.8 Å².